The van der Waals surface area contributed by atoms with Crippen LogP contribution in [0.4, 0.5) is 0 Å². The van der Waals surface area contributed by atoms with Gasteiger partial charge in [-0.3, -0.25) is 5.26 Å². The van der Waals surface area contributed by atoms with Crippen molar-refractivity contribution in [2.75, 3.05) is 0 Å². The first-order valence-electron chi connectivity index (χ1n) is 2.30. The predicted molar refractivity (Wildman–Crippen MR) is 30.0 cm³/mol. The Bertz CT molecular complexity index is 200. The van der Waals surface area contributed by atoms with Crippen LogP contribution in [0, 0.1) is 17.4 Å². The first-order chi connectivity index (χ1) is 3.93. The van der Waals surface area contributed by atoms with E-state index in [0.717, 1.165) is 0 Å². The Kier molecular flexibility index (Phi) is 3.97. The normalized spacial score (nSPS) is 7.00. The molecule has 0 aliphatic heterocycles. The average Bonchev–Trinajstić information content (AvgIpc) is 1.90. The summed E-state index contributed by atoms with van der Waals surface area (Å²) in [7, 11) is 0. The third-order valence-corrected chi connectivity index (χ3v) is 0.830. The molecule has 2 heteroatoms. The average molecular weight is 209 g/mol. The maximum absolute atomic E-state index is 8.26. The molecule has 0 saturated carbocycles. The third kappa shape index (κ3) is 2.42. The maximum atomic E-state index is 8.26. The summed E-state index contributed by atoms with van der Waals surface area (Å²) in [6.07, 6.45) is 0. The molecule has 1 aromatic carbocycles. The van der Waals surface area contributed by atoms with Crippen molar-refractivity contribution in [3.8, 4) is 6.07 Å². The molecule has 0 aliphatic carbocycles. The van der Waals surface area contributed by atoms with Gasteiger partial charge < -0.3 is 0 Å². The molecule has 0 bridgehead atoms. The summed E-state index contributed by atoms with van der Waals surface area (Å²) in [6, 6.07) is 11.8. The number of rotatable bonds is 0. The van der Waals surface area contributed by atoms with Gasteiger partial charge in [0.25, 0.3) is 0 Å². The number of nitrogens with zero attached hydrogens (tertiary/aromatic N) is 1. The molecule has 0 fully saturated rings. The van der Waals surface area contributed by atoms with Crippen LogP contribution in [-0.2, 0) is 20.4 Å². The van der Waals surface area contributed by atoms with Gasteiger partial charge in [0.2, 0.25) is 0 Å². The molecule has 0 saturated heterocycles. The molecule has 1 rings (SSSR count). The quantitative estimate of drug-likeness (QED) is 0.467. The fraction of sp³-hybridized carbons (Fsp3) is 0. The van der Waals surface area contributed by atoms with E-state index < -0.39 is 0 Å². The Labute approximate surface area is 68.0 Å². The van der Waals surface area contributed by atoms with E-state index in [9.17, 15) is 0 Å². The summed E-state index contributed by atoms with van der Waals surface area (Å²) in [5.41, 5.74) is 0.590. The molecular weight excluding hydrogens is 205 g/mol. The van der Waals surface area contributed by atoms with E-state index in [0.29, 0.717) is 5.56 Å². The molecule has 0 N–H and O–H groups in total. The smallest absolute Gasteiger partial charge is 0 e. The van der Waals surface area contributed by atoms with Crippen LogP contribution in [0.1, 0.15) is 5.56 Å². The summed E-state index contributed by atoms with van der Waals surface area (Å²) in [4.78, 5) is 0. The predicted octanol–water partition coefficient (Wildman–Crippen LogP) is 1.36. The van der Waals surface area contributed by atoms with Crippen LogP contribution in [0.25, 0.3) is 0 Å². The van der Waals surface area contributed by atoms with Crippen molar-refractivity contribution >= 4 is 0 Å². The summed E-state index contributed by atoms with van der Waals surface area (Å²) in [5.74, 6) is 0. The topological polar surface area (TPSA) is 23.8 Å². The summed E-state index contributed by atoms with van der Waals surface area (Å²) < 4.78 is 0. The Hall–Kier alpha value is -0.628. The number of hydrogen-bond donors (Lipinski definition) is 0. The SMILES string of the molecule is N#Cc1[c-]cccc1.[Pd]. The van der Waals surface area contributed by atoms with Crippen molar-refractivity contribution in [1.29, 1.82) is 5.26 Å². The molecule has 0 radical (unpaired) electrons. The molecule has 0 atom stereocenters. The summed E-state index contributed by atoms with van der Waals surface area (Å²) in [5, 5.41) is 8.26. The Morgan fingerprint density at radius 2 is 2.22 bits per heavy atom. The van der Waals surface area contributed by atoms with Crippen molar-refractivity contribution in [2.45, 2.75) is 0 Å². The molecule has 0 heterocycles. The van der Waals surface area contributed by atoms with Crippen LogP contribution in [0.3, 0.4) is 0 Å². The van der Waals surface area contributed by atoms with Gasteiger partial charge in [0.15, 0.2) is 0 Å². The van der Waals surface area contributed by atoms with Crippen LogP contribution in [0.15, 0.2) is 24.3 Å². The van der Waals surface area contributed by atoms with Crippen LogP contribution < -0.4 is 0 Å². The number of hydrogen-bond acceptors (Lipinski definition) is 1. The largest absolute Gasteiger partial charge is 0.262 e. The van der Waals surface area contributed by atoms with E-state index in [1.165, 1.54) is 0 Å². The minimum Gasteiger partial charge on any atom is -0.262 e. The fourth-order valence-electron chi connectivity index (χ4n) is 0.463. The van der Waals surface area contributed by atoms with Crippen molar-refractivity contribution in [3.63, 3.8) is 0 Å². The van der Waals surface area contributed by atoms with Gasteiger partial charge >= 0.3 is 0 Å². The van der Waals surface area contributed by atoms with Crippen molar-refractivity contribution in [2.24, 2.45) is 0 Å². The minimum atomic E-state index is 0. The van der Waals surface area contributed by atoms with E-state index in [2.05, 4.69) is 6.07 Å². The number of benzene rings is 1. The molecule has 0 unspecified atom stereocenters. The van der Waals surface area contributed by atoms with E-state index in [1.807, 2.05) is 18.2 Å². The van der Waals surface area contributed by atoms with Gasteiger partial charge in [-0.15, -0.1) is 30.3 Å². The third-order valence-electron chi connectivity index (χ3n) is 0.830. The second-order valence-corrected chi connectivity index (χ2v) is 1.39. The van der Waals surface area contributed by atoms with Crippen molar-refractivity contribution < 1.29 is 20.4 Å². The summed E-state index contributed by atoms with van der Waals surface area (Å²) in [6.45, 7) is 0. The maximum Gasteiger partial charge on any atom is 0 e. The molecular formula is C7H4NPd-. The van der Waals surface area contributed by atoms with Crippen LogP contribution >= 0.6 is 0 Å². The van der Waals surface area contributed by atoms with Gasteiger partial charge in [-0.1, -0.05) is 5.56 Å². The summed E-state index contributed by atoms with van der Waals surface area (Å²) >= 11 is 0. The number of nitriles is 1. The van der Waals surface area contributed by atoms with E-state index in [1.54, 1.807) is 12.1 Å². The van der Waals surface area contributed by atoms with Gasteiger partial charge in [0, 0.05) is 20.4 Å². The fourth-order valence-corrected chi connectivity index (χ4v) is 0.463. The van der Waals surface area contributed by atoms with Gasteiger partial charge in [0.1, 0.15) is 0 Å². The van der Waals surface area contributed by atoms with Crippen LogP contribution in [0.5, 0.6) is 0 Å². The van der Waals surface area contributed by atoms with Gasteiger partial charge in [-0.25, -0.2) is 0 Å². The first kappa shape index (κ1) is 8.37. The molecule has 0 spiro atoms. The Morgan fingerprint density at radius 1 is 1.44 bits per heavy atom. The zero-order valence-corrected chi connectivity index (χ0v) is 6.13. The first-order valence-corrected chi connectivity index (χ1v) is 2.30. The Morgan fingerprint density at radius 3 is 2.56 bits per heavy atom. The molecule has 48 valence electrons. The van der Waals surface area contributed by atoms with E-state index in [-0.39, 0.29) is 20.4 Å². The molecule has 9 heavy (non-hydrogen) atoms. The van der Waals surface area contributed by atoms with Gasteiger partial charge in [-0.05, 0) is 6.07 Å². The zero-order valence-electron chi connectivity index (χ0n) is 4.57. The minimum absolute atomic E-state index is 0. The van der Waals surface area contributed by atoms with Crippen LogP contribution in [-0.4, -0.2) is 0 Å². The van der Waals surface area contributed by atoms with Crippen molar-refractivity contribution in [3.05, 3.63) is 35.9 Å². The second kappa shape index (κ2) is 4.27. The molecule has 0 amide bonds. The molecule has 1 aromatic rings. The Balaban J connectivity index is 0.000000640. The van der Waals surface area contributed by atoms with E-state index in [4.69, 9.17) is 5.26 Å². The van der Waals surface area contributed by atoms with Crippen LogP contribution in [0.2, 0.25) is 0 Å². The van der Waals surface area contributed by atoms with Crippen molar-refractivity contribution in [1.82, 2.24) is 0 Å². The molecule has 1 nitrogen and oxygen atoms in total. The molecule has 0 aromatic heterocycles. The second-order valence-electron chi connectivity index (χ2n) is 1.39. The zero-order chi connectivity index (χ0) is 5.82. The van der Waals surface area contributed by atoms with Gasteiger partial charge in [0.05, 0.1) is 0 Å². The monoisotopic (exact) mass is 208 g/mol. The standard InChI is InChI=1S/C7H4N.Pd/c8-6-7-4-2-1-3-5-7;/h1-4H;/q-1;. The molecule has 0 aliphatic rings. The van der Waals surface area contributed by atoms with Gasteiger partial charge in [-0.2, -0.15) is 0 Å². The van der Waals surface area contributed by atoms with E-state index >= 15 is 0 Å².